The molecule has 1 aromatic rings. The lowest BCUT2D eigenvalue weighted by Crippen LogP contribution is -2.60. The minimum atomic E-state index is -0.160. The van der Waals surface area contributed by atoms with Gasteiger partial charge in [-0.15, -0.1) is 0 Å². The van der Waals surface area contributed by atoms with Gasteiger partial charge < -0.3 is 4.74 Å². The van der Waals surface area contributed by atoms with Gasteiger partial charge in [-0.05, 0) is 110 Å². The van der Waals surface area contributed by atoms with Gasteiger partial charge in [0.1, 0.15) is 6.10 Å². The van der Waals surface area contributed by atoms with Crippen molar-refractivity contribution >= 4 is 21.9 Å². The molecule has 4 fully saturated rings. The molecule has 4 aliphatic carbocycles. The Balaban J connectivity index is 1.26. The number of ether oxygens (including phenoxy) is 1. The molecule has 0 unspecified atom stereocenters. The van der Waals surface area contributed by atoms with Crippen LogP contribution in [-0.4, -0.2) is 16.4 Å². The van der Waals surface area contributed by atoms with E-state index < -0.39 is 0 Å². The van der Waals surface area contributed by atoms with E-state index in [0.717, 1.165) is 48.3 Å². The van der Waals surface area contributed by atoms with Crippen LogP contribution in [0.5, 0.6) is 0 Å². The molecule has 0 spiro atoms. The number of carbonyl (C=O) groups is 1. The maximum Gasteiger partial charge on any atom is 0.338 e. The third kappa shape index (κ3) is 4.98. The topological polar surface area (TPSA) is 26.3 Å². The number of halogens is 1. The first-order valence-corrected chi connectivity index (χ1v) is 16.3. The highest BCUT2D eigenvalue weighted by molar-refractivity contribution is 9.10. The van der Waals surface area contributed by atoms with Gasteiger partial charge in [0.15, 0.2) is 0 Å². The van der Waals surface area contributed by atoms with Gasteiger partial charge in [-0.25, -0.2) is 4.79 Å². The molecule has 1 aromatic carbocycles. The molecule has 0 N–H and O–H groups in total. The largest absolute Gasteiger partial charge is 0.459 e. The third-order valence-corrected chi connectivity index (χ3v) is 13.8. The lowest BCUT2D eigenvalue weighted by Gasteiger charge is -2.64. The summed E-state index contributed by atoms with van der Waals surface area (Å²) in [6.45, 7) is 12.6. The van der Waals surface area contributed by atoms with Gasteiger partial charge in [0.25, 0.3) is 0 Å². The molecule has 2 nitrogen and oxygen atoms in total. The molecule has 0 radical (unpaired) electrons. The standard InChI is InChI=1S/C34H51BrO2/c1-23(2)10-9-11-24(3)28-14-15-29-27-17-21-34(35)22-26(37-31(36)25-12-7-6-8-13-25)16-20-33(34,5)30(27)18-19-32(28,29)4/h6-8,12-13,23-24,26-30H,9-11,14-22H2,1-5H3/t24-,26+,27+,28-,29+,30+,32-,33-,34-/m1/s1. The van der Waals surface area contributed by atoms with Crippen molar-refractivity contribution in [3.63, 3.8) is 0 Å². The highest BCUT2D eigenvalue weighted by Crippen LogP contribution is 2.71. The van der Waals surface area contributed by atoms with Crippen molar-refractivity contribution in [3.05, 3.63) is 35.9 Å². The van der Waals surface area contributed by atoms with Crippen LogP contribution >= 0.6 is 15.9 Å². The number of rotatable bonds is 7. The van der Waals surface area contributed by atoms with Crippen molar-refractivity contribution in [3.8, 4) is 0 Å². The highest BCUT2D eigenvalue weighted by Gasteiger charge is 2.64. The Morgan fingerprint density at radius 2 is 1.70 bits per heavy atom. The Labute approximate surface area is 235 Å². The number of esters is 1. The lowest BCUT2D eigenvalue weighted by molar-refractivity contribution is -0.116. The van der Waals surface area contributed by atoms with Crippen LogP contribution in [0.25, 0.3) is 0 Å². The van der Waals surface area contributed by atoms with Crippen molar-refractivity contribution in [2.75, 3.05) is 0 Å². The van der Waals surface area contributed by atoms with Crippen molar-refractivity contribution < 1.29 is 9.53 Å². The Morgan fingerprint density at radius 1 is 0.946 bits per heavy atom. The van der Waals surface area contributed by atoms with Crippen LogP contribution in [-0.2, 0) is 4.74 Å². The fourth-order valence-corrected chi connectivity index (χ4v) is 11.2. The second-order valence-electron chi connectivity index (χ2n) is 14.5. The van der Waals surface area contributed by atoms with Crippen LogP contribution in [0.4, 0.5) is 0 Å². The normalized spacial score (nSPS) is 42.0. The van der Waals surface area contributed by atoms with Crippen LogP contribution in [0.2, 0.25) is 0 Å². The molecule has 0 aromatic heterocycles. The van der Waals surface area contributed by atoms with E-state index in [1.807, 2.05) is 30.3 Å². The Hall–Kier alpha value is -0.830. The van der Waals surface area contributed by atoms with E-state index in [1.54, 1.807) is 0 Å². The van der Waals surface area contributed by atoms with Gasteiger partial charge in [-0.2, -0.15) is 0 Å². The van der Waals surface area contributed by atoms with Crippen LogP contribution in [0.3, 0.4) is 0 Å². The quantitative estimate of drug-likeness (QED) is 0.241. The SMILES string of the molecule is CC(C)CCC[C@@H](C)[C@H]1CC[C@H]2[C@@H]3CC[C@@]4(Br)C[C@@H](OC(=O)c5ccccc5)CC[C@]4(C)[C@H]3CC[C@]12C. The molecule has 0 bridgehead atoms. The summed E-state index contributed by atoms with van der Waals surface area (Å²) in [7, 11) is 0. The molecule has 0 saturated heterocycles. The first kappa shape index (κ1) is 27.7. The monoisotopic (exact) mass is 570 g/mol. The summed E-state index contributed by atoms with van der Waals surface area (Å²) >= 11 is 4.35. The van der Waals surface area contributed by atoms with E-state index in [2.05, 4.69) is 50.5 Å². The second kappa shape index (κ2) is 10.6. The summed E-state index contributed by atoms with van der Waals surface area (Å²) in [4.78, 5) is 12.8. The van der Waals surface area contributed by atoms with Gasteiger partial charge in [0.2, 0.25) is 0 Å². The summed E-state index contributed by atoms with van der Waals surface area (Å²) in [6.07, 6.45) is 15.7. The summed E-state index contributed by atoms with van der Waals surface area (Å²) in [6, 6.07) is 9.51. The zero-order valence-electron chi connectivity index (χ0n) is 24.1. The number of hydrogen-bond donors (Lipinski definition) is 0. The molecule has 4 aliphatic rings. The van der Waals surface area contributed by atoms with E-state index in [1.165, 1.54) is 64.2 Å². The van der Waals surface area contributed by atoms with Crippen molar-refractivity contribution in [1.82, 2.24) is 0 Å². The van der Waals surface area contributed by atoms with Crippen LogP contribution in [0.1, 0.15) is 122 Å². The number of fused-ring (bicyclic) bond motifs is 5. The van der Waals surface area contributed by atoms with E-state index in [4.69, 9.17) is 4.74 Å². The molecular weight excluding hydrogens is 520 g/mol. The van der Waals surface area contributed by atoms with Gasteiger partial charge >= 0.3 is 5.97 Å². The van der Waals surface area contributed by atoms with Crippen molar-refractivity contribution in [2.45, 2.75) is 122 Å². The molecule has 4 saturated carbocycles. The predicted octanol–water partition coefficient (Wildman–Crippen LogP) is 9.85. The first-order chi connectivity index (χ1) is 17.6. The maximum atomic E-state index is 12.8. The molecule has 0 aliphatic heterocycles. The summed E-state index contributed by atoms with van der Waals surface area (Å²) in [5.74, 6) is 5.05. The Morgan fingerprint density at radius 3 is 2.43 bits per heavy atom. The first-order valence-electron chi connectivity index (χ1n) is 15.5. The molecule has 5 rings (SSSR count). The number of hydrogen-bond acceptors (Lipinski definition) is 2. The molecule has 206 valence electrons. The van der Waals surface area contributed by atoms with E-state index in [-0.39, 0.29) is 16.4 Å². The fraction of sp³-hybridized carbons (Fsp3) is 0.794. The Bertz CT molecular complexity index is 944. The summed E-state index contributed by atoms with van der Waals surface area (Å²) < 4.78 is 6.17. The number of carbonyl (C=O) groups excluding carboxylic acids is 1. The zero-order chi connectivity index (χ0) is 26.4. The molecule has 0 heterocycles. The Kier molecular flexibility index (Phi) is 7.96. The average molecular weight is 572 g/mol. The van der Waals surface area contributed by atoms with E-state index in [9.17, 15) is 4.79 Å². The molecule has 9 atom stereocenters. The van der Waals surface area contributed by atoms with Crippen molar-refractivity contribution in [1.29, 1.82) is 0 Å². The maximum absolute atomic E-state index is 12.8. The van der Waals surface area contributed by atoms with Crippen molar-refractivity contribution in [2.24, 2.45) is 46.3 Å². The molecule has 37 heavy (non-hydrogen) atoms. The summed E-state index contributed by atoms with van der Waals surface area (Å²) in [5.41, 5.74) is 1.51. The van der Waals surface area contributed by atoms with Gasteiger partial charge in [0.05, 0.1) is 5.56 Å². The fourth-order valence-electron chi connectivity index (χ4n) is 10.1. The van der Waals surface area contributed by atoms with Crippen LogP contribution in [0, 0.1) is 46.3 Å². The van der Waals surface area contributed by atoms with Gasteiger partial charge in [-0.1, -0.05) is 88.0 Å². The smallest absolute Gasteiger partial charge is 0.338 e. The van der Waals surface area contributed by atoms with Crippen LogP contribution in [0.15, 0.2) is 30.3 Å². The van der Waals surface area contributed by atoms with E-state index in [0.29, 0.717) is 16.4 Å². The predicted molar refractivity (Wildman–Crippen MR) is 157 cm³/mol. The molecular formula is C34H51BrO2. The van der Waals surface area contributed by atoms with E-state index >= 15 is 0 Å². The highest BCUT2D eigenvalue weighted by atomic mass is 79.9. The summed E-state index contributed by atoms with van der Waals surface area (Å²) in [5, 5.41) is 0. The van der Waals surface area contributed by atoms with Gasteiger partial charge in [-0.3, -0.25) is 0 Å². The zero-order valence-corrected chi connectivity index (χ0v) is 25.7. The molecule has 3 heteroatoms. The van der Waals surface area contributed by atoms with Gasteiger partial charge in [0, 0.05) is 10.7 Å². The number of benzene rings is 1. The van der Waals surface area contributed by atoms with Crippen LogP contribution < -0.4 is 0 Å². The average Bonchev–Trinajstić information content (AvgIpc) is 3.22. The molecule has 0 amide bonds. The second-order valence-corrected chi connectivity index (χ2v) is 16.0. The minimum Gasteiger partial charge on any atom is -0.459 e. The third-order valence-electron chi connectivity index (χ3n) is 12.2. The minimum absolute atomic E-state index is 0.0214. The lowest BCUT2D eigenvalue weighted by atomic mass is 9.44. The number of alkyl halides is 1.